The van der Waals surface area contributed by atoms with Crippen LogP contribution in [-0.4, -0.2) is 29.6 Å². The molecule has 0 atom stereocenters. The van der Waals surface area contributed by atoms with E-state index in [4.69, 9.17) is 4.74 Å². The Morgan fingerprint density at radius 2 is 1.80 bits per heavy atom. The fourth-order valence-electron chi connectivity index (χ4n) is 3.68. The van der Waals surface area contributed by atoms with Crippen LogP contribution in [0.2, 0.25) is 0 Å². The number of ether oxygens (including phenoxy) is 1. The van der Waals surface area contributed by atoms with E-state index in [9.17, 15) is 14.7 Å². The third kappa shape index (κ3) is 5.75. The van der Waals surface area contributed by atoms with Gasteiger partial charge in [0.25, 0.3) is 5.91 Å². The molecule has 0 aliphatic heterocycles. The number of carbonyl (C=O) groups is 2. The van der Waals surface area contributed by atoms with Crippen LogP contribution in [0.25, 0.3) is 0 Å². The average molecular weight is 411 g/mol. The second kappa shape index (κ2) is 10.7. The summed E-state index contributed by atoms with van der Waals surface area (Å²) in [6.45, 7) is 2.86. The molecule has 3 rings (SSSR count). The predicted octanol–water partition coefficient (Wildman–Crippen LogP) is 5.56. The van der Waals surface area contributed by atoms with Gasteiger partial charge in [-0.1, -0.05) is 31.9 Å². The van der Waals surface area contributed by atoms with Crippen molar-refractivity contribution in [3.63, 3.8) is 0 Å². The summed E-state index contributed by atoms with van der Waals surface area (Å²) in [6, 6.07) is 11.8. The molecule has 0 bridgehead atoms. The molecule has 0 aromatic heterocycles. The Labute approximate surface area is 177 Å². The Kier molecular flexibility index (Phi) is 7.71. The van der Waals surface area contributed by atoms with E-state index in [1.807, 2.05) is 12.1 Å². The molecule has 2 aromatic rings. The number of carboxylic acid groups (broad SMARTS) is 1. The Morgan fingerprint density at radius 1 is 1.03 bits per heavy atom. The summed E-state index contributed by atoms with van der Waals surface area (Å²) in [5.41, 5.74) is 1.49. The Morgan fingerprint density at radius 3 is 2.53 bits per heavy atom. The summed E-state index contributed by atoms with van der Waals surface area (Å²) in [7, 11) is 0. The zero-order chi connectivity index (χ0) is 21.3. The number of para-hydroxylation sites is 1. The lowest BCUT2D eigenvalue weighted by molar-refractivity contribution is 0.0698. The lowest BCUT2D eigenvalue weighted by atomic mass is 9.98. The summed E-state index contributed by atoms with van der Waals surface area (Å²) in [6.07, 6.45) is 8.02. The number of benzene rings is 2. The average Bonchev–Trinajstić information content (AvgIpc) is 2.75. The lowest BCUT2D eigenvalue weighted by Gasteiger charge is -2.23. The van der Waals surface area contributed by atoms with Crippen molar-refractivity contribution in [1.29, 1.82) is 0 Å². The molecule has 3 N–H and O–H groups in total. The van der Waals surface area contributed by atoms with Gasteiger partial charge in [0, 0.05) is 12.6 Å². The lowest BCUT2D eigenvalue weighted by Crippen LogP contribution is -2.20. The van der Waals surface area contributed by atoms with Crippen molar-refractivity contribution in [2.24, 2.45) is 0 Å². The highest BCUT2D eigenvalue weighted by molar-refractivity contribution is 6.10. The minimum Gasteiger partial charge on any atom is -0.490 e. The molecule has 1 fully saturated rings. The summed E-state index contributed by atoms with van der Waals surface area (Å²) in [5.74, 6) is -0.682. The van der Waals surface area contributed by atoms with E-state index >= 15 is 0 Å². The number of amides is 1. The molecule has 160 valence electrons. The molecule has 6 heteroatoms. The summed E-state index contributed by atoms with van der Waals surface area (Å²) in [5, 5.41) is 15.4. The number of rotatable bonds is 9. The molecule has 0 spiro atoms. The number of carboxylic acids is 1. The van der Waals surface area contributed by atoms with Crippen LogP contribution in [0, 0.1) is 0 Å². The van der Waals surface area contributed by atoms with Crippen molar-refractivity contribution in [1.82, 2.24) is 0 Å². The first-order valence-electron chi connectivity index (χ1n) is 10.8. The minimum absolute atomic E-state index is 0.0589. The van der Waals surface area contributed by atoms with E-state index in [1.54, 1.807) is 24.3 Å². The number of nitrogens with one attached hydrogen (secondary N) is 2. The molecule has 0 radical (unpaired) electrons. The Bertz CT molecular complexity index is 875. The maximum Gasteiger partial charge on any atom is 0.337 e. The van der Waals surface area contributed by atoms with Crippen LogP contribution in [0.4, 0.5) is 11.4 Å². The smallest absolute Gasteiger partial charge is 0.337 e. The van der Waals surface area contributed by atoms with Gasteiger partial charge in [-0.25, -0.2) is 4.79 Å². The van der Waals surface area contributed by atoms with Crippen LogP contribution < -0.4 is 15.4 Å². The normalized spacial score (nSPS) is 14.2. The Balaban J connectivity index is 1.80. The van der Waals surface area contributed by atoms with Gasteiger partial charge in [0.15, 0.2) is 0 Å². The monoisotopic (exact) mass is 410 g/mol. The van der Waals surface area contributed by atoms with Crippen molar-refractivity contribution in [2.45, 2.75) is 58.0 Å². The second-order valence-corrected chi connectivity index (χ2v) is 7.67. The van der Waals surface area contributed by atoms with Crippen molar-refractivity contribution >= 4 is 23.3 Å². The maximum atomic E-state index is 13.0. The van der Waals surface area contributed by atoms with E-state index in [-0.39, 0.29) is 23.3 Å². The standard InChI is InChI=1S/C24H30N2O4/c1-2-3-15-25-22-16-18(30-17-9-5-4-6-10-17)13-14-19(22)23(27)26-21-12-8-7-11-20(21)24(28)29/h7-8,11-14,16-17,25H,2-6,9-10,15H2,1H3,(H,26,27)(H,28,29). The number of unbranched alkanes of at least 4 members (excludes halogenated alkanes) is 1. The first-order chi connectivity index (χ1) is 14.6. The number of anilines is 2. The van der Waals surface area contributed by atoms with Crippen molar-refractivity contribution < 1.29 is 19.4 Å². The quantitative estimate of drug-likeness (QED) is 0.471. The minimum atomic E-state index is -1.08. The van der Waals surface area contributed by atoms with Gasteiger partial charge < -0.3 is 20.5 Å². The summed E-state index contributed by atoms with van der Waals surface area (Å²) < 4.78 is 6.16. The van der Waals surface area contributed by atoms with Crippen LogP contribution in [0.5, 0.6) is 5.75 Å². The topological polar surface area (TPSA) is 87.7 Å². The highest BCUT2D eigenvalue weighted by Crippen LogP contribution is 2.28. The third-order valence-corrected chi connectivity index (χ3v) is 5.34. The van der Waals surface area contributed by atoms with E-state index in [0.29, 0.717) is 11.3 Å². The van der Waals surface area contributed by atoms with Gasteiger partial charge in [-0.2, -0.15) is 0 Å². The molecule has 2 aromatic carbocycles. The van der Waals surface area contributed by atoms with Gasteiger partial charge in [-0.05, 0) is 56.4 Å². The van der Waals surface area contributed by atoms with Crippen LogP contribution in [0.15, 0.2) is 42.5 Å². The predicted molar refractivity (Wildman–Crippen MR) is 119 cm³/mol. The van der Waals surface area contributed by atoms with E-state index in [2.05, 4.69) is 17.6 Å². The summed E-state index contributed by atoms with van der Waals surface area (Å²) in [4.78, 5) is 24.4. The molecule has 1 saturated carbocycles. The molecule has 1 aliphatic carbocycles. The van der Waals surface area contributed by atoms with Crippen LogP contribution in [0.3, 0.4) is 0 Å². The van der Waals surface area contributed by atoms with Gasteiger partial charge >= 0.3 is 5.97 Å². The van der Waals surface area contributed by atoms with Crippen LogP contribution >= 0.6 is 0 Å². The fourth-order valence-corrected chi connectivity index (χ4v) is 3.68. The second-order valence-electron chi connectivity index (χ2n) is 7.67. The number of aromatic carboxylic acids is 1. The van der Waals surface area contributed by atoms with Gasteiger partial charge in [-0.3, -0.25) is 4.79 Å². The first-order valence-corrected chi connectivity index (χ1v) is 10.8. The number of carbonyl (C=O) groups excluding carboxylic acids is 1. The molecule has 1 aliphatic rings. The van der Waals surface area contributed by atoms with E-state index in [1.165, 1.54) is 25.3 Å². The molecule has 30 heavy (non-hydrogen) atoms. The zero-order valence-electron chi connectivity index (χ0n) is 17.4. The highest BCUT2D eigenvalue weighted by Gasteiger charge is 2.19. The largest absolute Gasteiger partial charge is 0.490 e. The molecule has 1 amide bonds. The van der Waals surface area contributed by atoms with Gasteiger partial charge in [0.1, 0.15) is 5.75 Å². The molecule has 0 heterocycles. The SMILES string of the molecule is CCCCNc1cc(OC2CCCCC2)ccc1C(=O)Nc1ccccc1C(=O)O. The van der Waals surface area contributed by atoms with Crippen molar-refractivity contribution in [3.8, 4) is 5.75 Å². The number of hydrogen-bond acceptors (Lipinski definition) is 4. The maximum absolute atomic E-state index is 13.0. The number of hydrogen-bond donors (Lipinski definition) is 3. The van der Waals surface area contributed by atoms with Gasteiger partial charge in [-0.15, -0.1) is 0 Å². The molecule has 0 unspecified atom stereocenters. The van der Waals surface area contributed by atoms with Crippen LogP contribution in [0.1, 0.15) is 72.6 Å². The van der Waals surface area contributed by atoms with Crippen molar-refractivity contribution in [2.75, 3.05) is 17.2 Å². The zero-order valence-corrected chi connectivity index (χ0v) is 17.4. The van der Waals surface area contributed by atoms with E-state index < -0.39 is 5.97 Å². The molecule has 0 saturated heterocycles. The van der Waals surface area contributed by atoms with Gasteiger partial charge in [0.2, 0.25) is 0 Å². The molecular weight excluding hydrogens is 380 g/mol. The molecular formula is C24H30N2O4. The summed E-state index contributed by atoms with van der Waals surface area (Å²) >= 11 is 0. The highest BCUT2D eigenvalue weighted by atomic mass is 16.5. The van der Waals surface area contributed by atoms with Crippen molar-refractivity contribution in [3.05, 3.63) is 53.6 Å². The fraction of sp³-hybridized carbons (Fsp3) is 0.417. The van der Waals surface area contributed by atoms with E-state index in [0.717, 1.165) is 38.0 Å². The Hall–Kier alpha value is -3.02. The first kappa shape index (κ1) is 21.7. The molecule has 6 nitrogen and oxygen atoms in total. The third-order valence-electron chi connectivity index (χ3n) is 5.34. The van der Waals surface area contributed by atoms with Gasteiger partial charge in [0.05, 0.1) is 28.6 Å². The van der Waals surface area contributed by atoms with Crippen LogP contribution in [-0.2, 0) is 0 Å².